The predicted octanol–water partition coefficient (Wildman–Crippen LogP) is 1.33. The summed E-state index contributed by atoms with van der Waals surface area (Å²) in [4.78, 5) is 11.1. The maximum atomic E-state index is 12.6. The number of ether oxygens (including phenoxy) is 1. The van der Waals surface area contributed by atoms with Gasteiger partial charge in [-0.1, -0.05) is 6.07 Å². The molecule has 0 spiro atoms. The quantitative estimate of drug-likeness (QED) is 0.636. The van der Waals surface area contributed by atoms with E-state index in [1.54, 1.807) is 0 Å². The minimum absolute atomic E-state index is 0.0456. The van der Waals surface area contributed by atoms with E-state index in [9.17, 15) is 18.0 Å². The van der Waals surface area contributed by atoms with E-state index in [-0.39, 0.29) is 17.7 Å². The Labute approximate surface area is 102 Å². The van der Waals surface area contributed by atoms with Gasteiger partial charge in [0.25, 0.3) is 0 Å². The van der Waals surface area contributed by atoms with E-state index >= 15 is 0 Å². The zero-order valence-electron chi connectivity index (χ0n) is 9.62. The summed E-state index contributed by atoms with van der Waals surface area (Å²) in [5, 5.41) is 0. The van der Waals surface area contributed by atoms with Gasteiger partial charge in [0.2, 0.25) is 0 Å². The smallest absolute Gasteiger partial charge is 0.418 e. The fraction of sp³-hybridized carbons (Fsp3) is 0.364. The zero-order valence-corrected chi connectivity index (χ0v) is 9.62. The van der Waals surface area contributed by atoms with Crippen molar-refractivity contribution in [1.29, 1.82) is 0 Å². The number of methoxy groups -OCH3 is 1. The number of benzene rings is 1. The molecule has 0 aliphatic heterocycles. The van der Waals surface area contributed by atoms with Crippen LogP contribution in [0.3, 0.4) is 0 Å². The first-order chi connectivity index (χ1) is 8.25. The number of carbonyl (C=O) groups excluding carboxylic acids is 1. The molecule has 18 heavy (non-hydrogen) atoms. The Morgan fingerprint density at radius 3 is 2.56 bits per heavy atom. The average Bonchev–Trinajstić information content (AvgIpc) is 2.29. The molecule has 0 unspecified atom stereocenters. The number of anilines is 1. The first-order valence-electron chi connectivity index (χ1n) is 5.04. The zero-order chi connectivity index (χ0) is 13.9. The number of nitrogens with two attached hydrogens (primary N) is 2. The molecule has 7 heteroatoms. The van der Waals surface area contributed by atoms with Crippen molar-refractivity contribution in [3.05, 3.63) is 29.3 Å². The molecule has 0 aliphatic rings. The first-order valence-corrected chi connectivity index (χ1v) is 5.04. The summed E-state index contributed by atoms with van der Waals surface area (Å²) in [6.07, 6.45) is -4.58. The molecule has 4 nitrogen and oxygen atoms in total. The van der Waals surface area contributed by atoms with Crippen molar-refractivity contribution in [3.8, 4) is 0 Å². The molecular formula is C11H13F3N2O2. The van der Waals surface area contributed by atoms with E-state index in [4.69, 9.17) is 11.5 Å². The van der Waals surface area contributed by atoms with Gasteiger partial charge in [0.1, 0.15) is 6.04 Å². The van der Waals surface area contributed by atoms with Crippen molar-refractivity contribution in [1.82, 2.24) is 0 Å². The molecule has 1 atom stereocenters. The van der Waals surface area contributed by atoms with Crippen molar-refractivity contribution in [3.63, 3.8) is 0 Å². The minimum atomic E-state index is -4.53. The summed E-state index contributed by atoms with van der Waals surface area (Å²) < 4.78 is 42.2. The largest absolute Gasteiger partial charge is 0.468 e. The van der Waals surface area contributed by atoms with Gasteiger partial charge in [-0.25, -0.2) is 0 Å². The van der Waals surface area contributed by atoms with Gasteiger partial charge in [0.15, 0.2) is 0 Å². The van der Waals surface area contributed by atoms with Crippen LogP contribution in [0, 0.1) is 0 Å². The maximum absolute atomic E-state index is 12.6. The van der Waals surface area contributed by atoms with E-state index in [1.807, 2.05) is 0 Å². The van der Waals surface area contributed by atoms with Crippen LogP contribution in [0.2, 0.25) is 0 Å². The van der Waals surface area contributed by atoms with Crippen LogP contribution in [0.15, 0.2) is 18.2 Å². The van der Waals surface area contributed by atoms with Gasteiger partial charge in [0.05, 0.1) is 12.7 Å². The predicted molar refractivity (Wildman–Crippen MR) is 59.6 cm³/mol. The molecular weight excluding hydrogens is 249 g/mol. The summed E-state index contributed by atoms with van der Waals surface area (Å²) in [5.41, 5.74) is 9.70. The van der Waals surface area contributed by atoms with Crippen molar-refractivity contribution in [2.75, 3.05) is 12.8 Å². The molecule has 100 valence electrons. The topological polar surface area (TPSA) is 78.3 Å². The van der Waals surface area contributed by atoms with Crippen molar-refractivity contribution >= 4 is 11.7 Å². The average molecular weight is 262 g/mol. The summed E-state index contributed by atoms with van der Waals surface area (Å²) in [6, 6.07) is 2.42. The highest BCUT2D eigenvalue weighted by atomic mass is 19.4. The molecule has 1 rings (SSSR count). The Balaban J connectivity index is 2.96. The normalized spacial score (nSPS) is 13.2. The fourth-order valence-electron chi connectivity index (χ4n) is 1.46. The van der Waals surface area contributed by atoms with Crippen molar-refractivity contribution in [2.24, 2.45) is 5.73 Å². The monoisotopic (exact) mass is 262 g/mol. The molecule has 0 bridgehead atoms. The Kier molecular flexibility index (Phi) is 4.18. The number of hydrogen-bond donors (Lipinski definition) is 2. The Bertz CT molecular complexity index is 446. The number of hydrogen-bond acceptors (Lipinski definition) is 4. The lowest BCUT2D eigenvalue weighted by Crippen LogP contribution is -2.33. The van der Waals surface area contributed by atoms with E-state index in [1.165, 1.54) is 6.07 Å². The van der Waals surface area contributed by atoms with Gasteiger partial charge in [-0.15, -0.1) is 0 Å². The molecule has 0 aromatic heterocycles. The molecule has 0 saturated heterocycles. The molecule has 0 saturated carbocycles. The molecule has 0 radical (unpaired) electrons. The number of rotatable bonds is 3. The van der Waals surface area contributed by atoms with E-state index < -0.39 is 23.8 Å². The Morgan fingerprint density at radius 2 is 2.06 bits per heavy atom. The van der Waals surface area contributed by atoms with Crippen LogP contribution in [-0.4, -0.2) is 19.1 Å². The Hall–Kier alpha value is -1.76. The van der Waals surface area contributed by atoms with Gasteiger partial charge < -0.3 is 16.2 Å². The molecule has 0 fully saturated rings. The van der Waals surface area contributed by atoms with Gasteiger partial charge in [-0.05, 0) is 24.1 Å². The third-order valence-electron chi connectivity index (χ3n) is 2.38. The fourth-order valence-corrected chi connectivity index (χ4v) is 1.46. The summed E-state index contributed by atoms with van der Waals surface area (Å²) >= 11 is 0. The van der Waals surface area contributed by atoms with Crippen LogP contribution >= 0.6 is 0 Å². The van der Waals surface area contributed by atoms with E-state index in [0.717, 1.165) is 19.2 Å². The highest BCUT2D eigenvalue weighted by molar-refractivity contribution is 5.75. The second-order valence-electron chi connectivity index (χ2n) is 3.75. The minimum Gasteiger partial charge on any atom is -0.468 e. The molecule has 0 amide bonds. The van der Waals surface area contributed by atoms with Crippen LogP contribution in [0.5, 0.6) is 0 Å². The van der Waals surface area contributed by atoms with Gasteiger partial charge in [-0.2, -0.15) is 13.2 Å². The highest BCUT2D eigenvalue weighted by Crippen LogP contribution is 2.34. The van der Waals surface area contributed by atoms with Crippen molar-refractivity contribution in [2.45, 2.75) is 18.6 Å². The van der Waals surface area contributed by atoms with Crippen LogP contribution in [0.1, 0.15) is 11.1 Å². The van der Waals surface area contributed by atoms with Gasteiger partial charge >= 0.3 is 12.1 Å². The van der Waals surface area contributed by atoms with E-state index in [2.05, 4.69) is 4.74 Å². The lowest BCUT2D eigenvalue weighted by Gasteiger charge is -2.13. The van der Waals surface area contributed by atoms with Crippen LogP contribution in [0.25, 0.3) is 0 Å². The van der Waals surface area contributed by atoms with Gasteiger partial charge in [0, 0.05) is 5.69 Å². The summed E-state index contributed by atoms with van der Waals surface area (Å²) in [7, 11) is 1.16. The molecule has 1 aromatic carbocycles. The second kappa shape index (κ2) is 5.26. The maximum Gasteiger partial charge on any atom is 0.418 e. The molecule has 1 aromatic rings. The number of alkyl halides is 3. The molecule has 0 aliphatic carbocycles. The molecule has 0 heterocycles. The number of esters is 1. The van der Waals surface area contributed by atoms with Crippen molar-refractivity contribution < 1.29 is 22.7 Å². The third kappa shape index (κ3) is 3.36. The number of halogens is 3. The van der Waals surface area contributed by atoms with Crippen LogP contribution in [-0.2, 0) is 22.1 Å². The number of nitrogen functional groups attached to an aromatic ring is 1. The SMILES string of the molecule is COC(=O)[C@H](N)Cc1ccc(N)c(C(F)(F)F)c1. The van der Waals surface area contributed by atoms with Gasteiger partial charge in [-0.3, -0.25) is 4.79 Å². The lowest BCUT2D eigenvalue weighted by atomic mass is 10.0. The highest BCUT2D eigenvalue weighted by Gasteiger charge is 2.33. The first kappa shape index (κ1) is 14.3. The number of carbonyl (C=O) groups is 1. The standard InChI is InChI=1S/C11H13F3N2O2/c1-18-10(17)9(16)5-6-2-3-8(15)7(4-6)11(12,13)14/h2-4,9H,5,15-16H2,1H3/t9-/m1/s1. The van der Waals surface area contributed by atoms with Crippen LogP contribution in [0.4, 0.5) is 18.9 Å². The summed E-state index contributed by atoms with van der Waals surface area (Å²) in [5.74, 6) is -0.680. The third-order valence-corrected chi connectivity index (χ3v) is 2.38. The lowest BCUT2D eigenvalue weighted by molar-refractivity contribution is -0.142. The molecule has 4 N–H and O–H groups in total. The van der Waals surface area contributed by atoms with Crippen LogP contribution < -0.4 is 11.5 Å². The van der Waals surface area contributed by atoms with E-state index in [0.29, 0.717) is 0 Å². The second-order valence-corrected chi connectivity index (χ2v) is 3.75. The Morgan fingerprint density at radius 1 is 1.44 bits per heavy atom. The summed E-state index contributed by atoms with van der Waals surface area (Å²) in [6.45, 7) is 0.